The molecule has 0 unspecified atom stereocenters. The maximum absolute atomic E-state index is 12.2. The van der Waals surface area contributed by atoms with Crippen LogP contribution in [0.25, 0.3) is 0 Å². The Kier molecular flexibility index (Phi) is 4.59. The third-order valence-corrected chi connectivity index (χ3v) is 3.45. The summed E-state index contributed by atoms with van der Waals surface area (Å²) in [5.41, 5.74) is 1.12. The van der Waals surface area contributed by atoms with Crippen LogP contribution in [0.5, 0.6) is 0 Å². The van der Waals surface area contributed by atoms with Gasteiger partial charge in [0.2, 0.25) is 0 Å². The zero-order chi connectivity index (χ0) is 17.1. The van der Waals surface area contributed by atoms with Gasteiger partial charge in [-0.05, 0) is 25.5 Å². The van der Waals surface area contributed by atoms with Gasteiger partial charge in [-0.15, -0.1) is 0 Å². The van der Waals surface area contributed by atoms with Gasteiger partial charge >= 0.3 is 5.97 Å². The number of aryl methyl sites for hydroxylation is 1. The average molecular weight is 316 g/mol. The first-order valence-electron chi connectivity index (χ1n) is 6.92. The van der Waals surface area contributed by atoms with E-state index in [0.29, 0.717) is 11.1 Å². The number of benzene rings is 1. The van der Waals surface area contributed by atoms with E-state index in [2.05, 4.69) is 0 Å². The van der Waals surface area contributed by atoms with Gasteiger partial charge < -0.3 is 9.30 Å². The zero-order valence-corrected chi connectivity index (χ0v) is 13.0. The monoisotopic (exact) mass is 316 g/mol. The Hall–Kier alpha value is -2.96. The number of non-ortho nitro benzene ring substituents is 1. The van der Waals surface area contributed by atoms with E-state index in [1.807, 2.05) is 0 Å². The molecule has 0 N–H and O–H groups in total. The van der Waals surface area contributed by atoms with Gasteiger partial charge in [0.25, 0.3) is 5.69 Å². The van der Waals surface area contributed by atoms with E-state index in [0.717, 1.165) is 0 Å². The van der Waals surface area contributed by atoms with E-state index in [1.165, 1.54) is 35.8 Å². The molecule has 120 valence electrons. The van der Waals surface area contributed by atoms with Crippen LogP contribution in [0.15, 0.2) is 36.5 Å². The van der Waals surface area contributed by atoms with Crippen LogP contribution in [-0.4, -0.2) is 21.2 Å². The third-order valence-electron chi connectivity index (χ3n) is 3.45. The van der Waals surface area contributed by atoms with Crippen molar-refractivity contribution in [1.29, 1.82) is 0 Å². The summed E-state index contributed by atoms with van der Waals surface area (Å²) in [6, 6.07) is 7.38. The van der Waals surface area contributed by atoms with Gasteiger partial charge in [0.15, 0.2) is 5.78 Å². The second-order valence-electron chi connectivity index (χ2n) is 5.18. The van der Waals surface area contributed by atoms with Crippen LogP contribution < -0.4 is 0 Å². The number of Topliss-reactive ketones (excluding diaryl/α,β-unsaturated/α-hetero) is 1. The highest BCUT2D eigenvalue weighted by Gasteiger charge is 2.19. The zero-order valence-electron chi connectivity index (χ0n) is 13.0. The van der Waals surface area contributed by atoms with E-state index in [-0.39, 0.29) is 17.2 Å². The van der Waals surface area contributed by atoms with Crippen molar-refractivity contribution in [2.75, 3.05) is 0 Å². The van der Waals surface area contributed by atoms with Crippen molar-refractivity contribution in [3.63, 3.8) is 0 Å². The highest BCUT2D eigenvalue weighted by molar-refractivity contribution is 5.97. The number of carbonyl (C=O) groups is 2. The fourth-order valence-corrected chi connectivity index (χ4v) is 2.14. The fourth-order valence-electron chi connectivity index (χ4n) is 2.14. The molecule has 7 heteroatoms. The number of rotatable bonds is 5. The minimum Gasteiger partial charge on any atom is -0.453 e. The number of ketones is 1. The molecule has 2 rings (SSSR count). The van der Waals surface area contributed by atoms with Crippen molar-refractivity contribution in [2.24, 2.45) is 7.05 Å². The highest BCUT2D eigenvalue weighted by atomic mass is 16.6. The predicted octanol–water partition coefficient (Wildman–Crippen LogP) is 3.05. The molecule has 0 amide bonds. The van der Waals surface area contributed by atoms with Crippen LogP contribution in [0, 0.1) is 10.1 Å². The van der Waals surface area contributed by atoms with Gasteiger partial charge in [-0.1, -0.05) is 12.1 Å². The predicted molar refractivity (Wildman–Crippen MR) is 82.3 cm³/mol. The molecular weight excluding hydrogens is 300 g/mol. The van der Waals surface area contributed by atoms with Crippen molar-refractivity contribution < 1.29 is 19.2 Å². The molecule has 0 fully saturated rings. The van der Waals surface area contributed by atoms with Gasteiger partial charge in [0, 0.05) is 30.9 Å². The summed E-state index contributed by atoms with van der Waals surface area (Å²) < 4.78 is 6.85. The van der Waals surface area contributed by atoms with Crippen LogP contribution in [0.2, 0.25) is 0 Å². The first-order valence-corrected chi connectivity index (χ1v) is 6.92. The summed E-state index contributed by atoms with van der Waals surface area (Å²) in [4.78, 5) is 33.9. The number of hydrogen-bond acceptors (Lipinski definition) is 5. The third kappa shape index (κ3) is 3.63. The number of ether oxygens (including phenoxy) is 1. The normalized spacial score (nSPS) is 11.8. The van der Waals surface area contributed by atoms with Crippen molar-refractivity contribution in [1.82, 2.24) is 4.57 Å². The van der Waals surface area contributed by atoms with Crippen LogP contribution in [0.1, 0.15) is 46.4 Å². The Balaban J connectivity index is 2.18. The summed E-state index contributed by atoms with van der Waals surface area (Å²) in [5, 5.41) is 10.8. The Morgan fingerprint density at radius 1 is 1.30 bits per heavy atom. The maximum atomic E-state index is 12.2. The quantitative estimate of drug-likeness (QED) is 0.366. The molecule has 0 bridgehead atoms. The second-order valence-corrected chi connectivity index (χ2v) is 5.18. The number of nitro benzene ring substituents is 1. The minimum atomic E-state index is -0.655. The molecule has 0 spiro atoms. The van der Waals surface area contributed by atoms with Gasteiger partial charge in [0.05, 0.1) is 4.92 Å². The van der Waals surface area contributed by atoms with Gasteiger partial charge in [0.1, 0.15) is 11.8 Å². The molecule has 1 heterocycles. The molecule has 7 nitrogen and oxygen atoms in total. The molecule has 0 aliphatic rings. The molecule has 0 saturated heterocycles. The Labute approximate surface area is 132 Å². The summed E-state index contributed by atoms with van der Waals surface area (Å²) in [6.45, 7) is 3.04. The molecule has 2 aromatic rings. The summed E-state index contributed by atoms with van der Waals surface area (Å²) in [6.07, 6.45) is 0.898. The lowest BCUT2D eigenvalue weighted by Gasteiger charge is -2.13. The molecule has 1 aromatic heterocycles. The Bertz CT molecular complexity index is 779. The van der Waals surface area contributed by atoms with Crippen molar-refractivity contribution in [3.8, 4) is 0 Å². The lowest BCUT2D eigenvalue weighted by atomic mass is 10.1. The second kappa shape index (κ2) is 6.43. The average Bonchev–Trinajstić information content (AvgIpc) is 2.89. The van der Waals surface area contributed by atoms with Crippen LogP contribution in [0.4, 0.5) is 5.69 Å². The molecule has 0 saturated carbocycles. The first kappa shape index (κ1) is 16.4. The van der Waals surface area contributed by atoms with Crippen LogP contribution >= 0.6 is 0 Å². The largest absolute Gasteiger partial charge is 0.453 e. The lowest BCUT2D eigenvalue weighted by molar-refractivity contribution is -0.385. The smallest absolute Gasteiger partial charge is 0.355 e. The van der Waals surface area contributed by atoms with Crippen LogP contribution in [0.3, 0.4) is 0 Å². The number of aromatic nitrogens is 1. The Morgan fingerprint density at radius 3 is 2.57 bits per heavy atom. The Morgan fingerprint density at radius 2 is 2.00 bits per heavy atom. The molecule has 0 radical (unpaired) electrons. The highest BCUT2D eigenvalue weighted by Crippen LogP contribution is 2.23. The lowest BCUT2D eigenvalue weighted by Crippen LogP contribution is -2.12. The number of nitrogens with zero attached hydrogens (tertiary/aromatic N) is 2. The van der Waals surface area contributed by atoms with E-state index in [1.54, 1.807) is 26.2 Å². The fraction of sp³-hybridized carbons (Fsp3) is 0.250. The number of carbonyl (C=O) groups excluding carboxylic acids is 2. The first-order chi connectivity index (χ1) is 10.8. The summed E-state index contributed by atoms with van der Waals surface area (Å²) in [5.74, 6) is -0.745. The summed E-state index contributed by atoms with van der Waals surface area (Å²) >= 11 is 0. The van der Waals surface area contributed by atoms with Crippen molar-refractivity contribution >= 4 is 17.4 Å². The van der Waals surface area contributed by atoms with Gasteiger partial charge in [-0.2, -0.15) is 0 Å². The van der Waals surface area contributed by atoms with Crippen molar-refractivity contribution in [3.05, 3.63) is 63.5 Å². The summed E-state index contributed by atoms with van der Waals surface area (Å²) in [7, 11) is 1.64. The number of nitro groups is 1. The molecule has 1 aromatic carbocycles. The maximum Gasteiger partial charge on any atom is 0.355 e. The van der Waals surface area contributed by atoms with E-state index >= 15 is 0 Å². The number of hydrogen-bond donors (Lipinski definition) is 0. The standard InChI is InChI=1S/C16H16N2O5/c1-10(19)13-8-15(17(3)9-13)16(20)23-11(2)12-5-4-6-14(7-12)18(21)22/h4-9,11H,1-3H3/t11-/m1/s1. The van der Waals surface area contributed by atoms with Gasteiger partial charge in [-0.3, -0.25) is 14.9 Å². The molecule has 1 atom stereocenters. The molecule has 23 heavy (non-hydrogen) atoms. The number of esters is 1. The van der Waals surface area contributed by atoms with E-state index in [9.17, 15) is 19.7 Å². The van der Waals surface area contributed by atoms with Crippen LogP contribution in [-0.2, 0) is 11.8 Å². The minimum absolute atomic E-state index is 0.0665. The SMILES string of the molecule is CC(=O)c1cc(C(=O)O[C@H](C)c2cccc([N+](=O)[O-])c2)n(C)c1. The topological polar surface area (TPSA) is 91.4 Å². The molecule has 0 aliphatic heterocycles. The van der Waals surface area contributed by atoms with E-state index < -0.39 is 17.0 Å². The van der Waals surface area contributed by atoms with Gasteiger partial charge in [-0.25, -0.2) is 4.79 Å². The van der Waals surface area contributed by atoms with E-state index in [4.69, 9.17) is 4.74 Å². The molecular formula is C16H16N2O5. The van der Waals surface area contributed by atoms with Crippen molar-refractivity contribution in [2.45, 2.75) is 20.0 Å². The molecule has 0 aliphatic carbocycles.